The number of tetrazole rings is 1. The van der Waals surface area contributed by atoms with Gasteiger partial charge in [0.05, 0.1) is 11.2 Å². The Hall–Kier alpha value is -1.75. The Morgan fingerprint density at radius 3 is 2.28 bits per heavy atom. The zero-order valence-corrected chi connectivity index (χ0v) is 16.3. The van der Waals surface area contributed by atoms with Crippen LogP contribution in [0, 0.1) is 19.8 Å². The highest BCUT2D eigenvalue weighted by Crippen LogP contribution is 2.43. The fourth-order valence-electron chi connectivity index (χ4n) is 4.52. The van der Waals surface area contributed by atoms with Gasteiger partial charge in [0.2, 0.25) is 0 Å². The molecule has 0 atom stereocenters. The van der Waals surface area contributed by atoms with Crippen molar-refractivity contribution in [3.05, 3.63) is 35.2 Å². The zero-order chi connectivity index (χ0) is 18.0. The average Bonchev–Trinajstić information content (AvgIpc) is 3.07. The number of aryl methyl sites for hydroxylation is 2. The molecule has 3 rings (SSSR count). The Kier molecular flexibility index (Phi) is 5.23. The molecule has 1 heterocycles. The zero-order valence-electron chi connectivity index (χ0n) is 16.3. The third-order valence-electron chi connectivity index (χ3n) is 6.01. The number of hydrogen-bond donors (Lipinski definition) is 0. The van der Waals surface area contributed by atoms with Crippen LogP contribution in [0.5, 0.6) is 0 Å². The maximum Gasteiger partial charge on any atom is 0.176 e. The third kappa shape index (κ3) is 3.10. The number of nitrogens with zero attached hydrogens (tertiary/aromatic N) is 5. The molecule has 136 valence electrons. The first-order valence-corrected chi connectivity index (χ1v) is 9.64. The Balaban J connectivity index is 2.15. The van der Waals surface area contributed by atoms with E-state index < -0.39 is 0 Å². The van der Waals surface area contributed by atoms with Gasteiger partial charge in [0.25, 0.3) is 0 Å². The van der Waals surface area contributed by atoms with Crippen LogP contribution in [-0.2, 0) is 5.54 Å². The summed E-state index contributed by atoms with van der Waals surface area (Å²) in [5.74, 6) is 1.80. The summed E-state index contributed by atoms with van der Waals surface area (Å²) in [7, 11) is 0. The van der Waals surface area contributed by atoms with E-state index >= 15 is 0 Å². The van der Waals surface area contributed by atoms with Crippen molar-refractivity contribution in [3.8, 4) is 5.69 Å². The standard InChI is InChI=1S/C20H31N5/c1-6-24(7-2)20(13-11-15(3)12-14-20)19-21-22-23-25(19)18-16(4)9-8-10-17(18)5/h8-10,15H,6-7,11-14H2,1-5H3. The van der Waals surface area contributed by atoms with Crippen molar-refractivity contribution in [2.75, 3.05) is 13.1 Å². The fraction of sp³-hybridized carbons (Fsp3) is 0.650. The summed E-state index contributed by atoms with van der Waals surface area (Å²) >= 11 is 0. The summed E-state index contributed by atoms with van der Waals surface area (Å²) in [4.78, 5) is 2.56. The van der Waals surface area contributed by atoms with E-state index in [1.807, 2.05) is 4.68 Å². The smallest absolute Gasteiger partial charge is 0.176 e. The predicted molar refractivity (Wildman–Crippen MR) is 101 cm³/mol. The molecule has 0 amide bonds. The second-order valence-electron chi connectivity index (χ2n) is 7.54. The van der Waals surface area contributed by atoms with Crippen molar-refractivity contribution in [1.82, 2.24) is 25.1 Å². The summed E-state index contributed by atoms with van der Waals surface area (Å²) in [5, 5.41) is 13.1. The minimum Gasteiger partial charge on any atom is -0.291 e. The van der Waals surface area contributed by atoms with Gasteiger partial charge in [-0.2, -0.15) is 4.68 Å². The second-order valence-corrected chi connectivity index (χ2v) is 7.54. The lowest BCUT2D eigenvalue weighted by atomic mass is 9.75. The maximum absolute atomic E-state index is 4.57. The van der Waals surface area contributed by atoms with Crippen molar-refractivity contribution in [2.45, 2.75) is 65.8 Å². The molecule has 2 aromatic rings. The molecule has 25 heavy (non-hydrogen) atoms. The average molecular weight is 342 g/mol. The fourth-order valence-corrected chi connectivity index (χ4v) is 4.52. The van der Waals surface area contributed by atoms with Gasteiger partial charge in [0.1, 0.15) is 0 Å². The molecule has 0 N–H and O–H groups in total. The number of benzene rings is 1. The minimum absolute atomic E-state index is 0.0613. The Labute approximate surface area is 151 Å². The topological polar surface area (TPSA) is 46.8 Å². The van der Waals surface area contributed by atoms with Gasteiger partial charge < -0.3 is 0 Å². The highest BCUT2D eigenvalue weighted by molar-refractivity contribution is 5.47. The van der Waals surface area contributed by atoms with E-state index in [0.717, 1.165) is 43.4 Å². The Morgan fingerprint density at radius 1 is 1.12 bits per heavy atom. The van der Waals surface area contributed by atoms with E-state index in [0.29, 0.717) is 0 Å². The highest BCUT2D eigenvalue weighted by atomic mass is 15.6. The largest absolute Gasteiger partial charge is 0.291 e. The van der Waals surface area contributed by atoms with Crippen molar-refractivity contribution in [1.29, 1.82) is 0 Å². The van der Waals surface area contributed by atoms with Crippen molar-refractivity contribution in [2.24, 2.45) is 5.92 Å². The first-order chi connectivity index (χ1) is 12.0. The van der Waals surface area contributed by atoms with Gasteiger partial charge in [-0.3, -0.25) is 4.90 Å². The van der Waals surface area contributed by atoms with Gasteiger partial charge >= 0.3 is 0 Å². The Morgan fingerprint density at radius 2 is 1.72 bits per heavy atom. The van der Waals surface area contributed by atoms with Gasteiger partial charge in [0.15, 0.2) is 5.82 Å². The van der Waals surface area contributed by atoms with Crippen LogP contribution in [0.1, 0.15) is 63.4 Å². The minimum atomic E-state index is -0.0613. The van der Waals surface area contributed by atoms with Crippen LogP contribution in [0.3, 0.4) is 0 Å². The molecule has 1 aromatic carbocycles. The van der Waals surface area contributed by atoms with Crippen molar-refractivity contribution >= 4 is 0 Å². The molecule has 0 radical (unpaired) electrons. The maximum atomic E-state index is 4.57. The summed E-state index contributed by atoms with van der Waals surface area (Å²) in [6.07, 6.45) is 4.72. The van der Waals surface area contributed by atoms with Gasteiger partial charge in [0, 0.05) is 0 Å². The van der Waals surface area contributed by atoms with Crippen LogP contribution in [-0.4, -0.2) is 38.2 Å². The molecule has 0 unspecified atom stereocenters. The monoisotopic (exact) mass is 341 g/mol. The van der Waals surface area contributed by atoms with Gasteiger partial charge in [-0.1, -0.05) is 39.0 Å². The molecule has 5 heteroatoms. The lowest BCUT2D eigenvalue weighted by Gasteiger charge is -2.46. The number of hydrogen-bond acceptors (Lipinski definition) is 4. The summed E-state index contributed by atoms with van der Waals surface area (Å²) in [5.41, 5.74) is 3.50. The first kappa shape index (κ1) is 18.1. The molecule has 1 aromatic heterocycles. The van der Waals surface area contributed by atoms with Crippen LogP contribution in [0.15, 0.2) is 18.2 Å². The third-order valence-corrected chi connectivity index (χ3v) is 6.01. The molecule has 1 fully saturated rings. The number of para-hydroxylation sites is 1. The molecule has 1 aliphatic carbocycles. The van der Waals surface area contributed by atoms with Gasteiger partial charge in [-0.15, -0.1) is 5.10 Å². The SMILES string of the molecule is CCN(CC)C1(c2nnnn2-c2c(C)cccc2C)CCC(C)CC1. The van der Waals surface area contributed by atoms with Gasteiger partial charge in [-0.25, -0.2) is 0 Å². The van der Waals surface area contributed by atoms with E-state index in [1.165, 1.54) is 24.0 Å². The number of aromatic nitrogens is 4. The summed E-state index contributed by atoms with van der Waals surface area (Å²) in [6, 6.07) is 6.38. The number of rotatable bonds is 5. The van der Waals surface area contributed by atoms with Crippen LogP contribution in [0.4, 0.5) is 0 Å². The molecular formula is C20H31N5. The molecule has 0 spiro atoms. The van der Waals surface area contributed by atoms with E-state index in [-0.39, 0.29) is 5.54 Å². The predicted octanol–water partition coefficient (Wildman–Crippen LogP) is 4.03. The second kappa shape index (κ2) is 7.24. The van der Waals surface area contributed by atoms with Gasteiger partial charge in [-0.05, 0) is 80.1 Å². The quantitative estimate of drug-likeness (QED) is 0.824. The lowest BCUT2D eigenvalue weighted by Crippen LogP contribution is -2.50. The van der Waals surface area contributed by atoms with Crippen LogP contribution in [0.25, 0.3) is 5.69 Å². The molecular weight excluding hydrogens is 310 g/mol. The first-order valence-electron chi connectivity index (χ1n) is 9.64. The molecule has 5 nitrogen and oxygen atoms in total. The Bertz CT molecular complexity index is 688. The van der Waals surface area contributed by atoms with Crippen LogP contribution in [0.2, 0.25) is 0 Å². The van der Waals surface area contributed by atoms with Crippen molar-refractivity contribution in [3.63, 3.8) is 0 Å². The molecule has 0 saturated heterocycles. The van der Waals surface area contributed by atoms with E-state index in [2.05, 4.69) is 73.2 Å². The van der Waals surface area contributed by atoms with Crippen LogP contribution < -0.4 is 0 Å². The molecule has 0 bridgehead atoms. The summed E-state index contributed by atoms with van der Waals surface area (Å²) in [6.45, 7) is 13.2. The van der Waals surface area contributed by atoms with E-state index in [4.69, 9.17) is 0 Å². The normalized spacial score (nSPS) is 24.0. The molecule has 1 saturated carbocycles. The van der Waals surface area contributed by atoms with Crippen molar-refractivity contribution < 1.29 is 0 Å². The molecule has 1 aliphatic rings. The van der Waals surface area contributed by atoms with E-state index in [9.17, 15) is 0 Å². The van der Waals surface area contributed by atoms with E-state index in [1.54, 1.807) is 0 Å². The van der Waals surface area contributed by atoms with Crippen LogP contribution >= 0.6 is 0 Å². The lowest BCUT2D eigenvalue weighted by molar-refractivity contribution is 0.0336. The molecule has 0 aliphatic heterocycles. The highest BCUT2D eigenvalue weighted by Gasteiger charge is 2.44. The summed E-state index contributed by atoms with van der Waals surface area (Å²) < 4.78 is 2.01.